The lowest BCUT2D eigenvalue weighted by Gasteiger charge is -2.15. The normalized spacial score (nSPS) is 15.5. The van der Waals surface area contributed by atoms with Gasteiger partial charge in [-0.3, -0.25) is 9.08 Å². The van der Waals surface area contributed by atoms with Gasteiger partial charge in [0.1, 0.15) is 0 Å². The van der Waals surface area contributed by atoms with Gasteiger partial charge in [0, 0.05) is 19.2 Å². The molecule has 1 aromatic rings. The zero-order valence-corrected chi connectivity index (χ0v) is 9.80. The predicted molar refractivity (Wildman–Crippen MR) is 56.6 cm³/mol. The first kappa shape index (κ1) is 11.0. The third kappa shape index (κ3) is 1.90. The van der Waals surface area contributed by atoms with Gasteiger partial charge >= 0.3 is 10.1 Å². The van der Waals surface area contributed by atoms with E-state index in [1.54, 1.807) is 6.92 Å². The van der Waals surface area contributed by atoms with Gasteiger partial charge in [0.2, 0.25) is 0 Å². The molecule has 0 bridgehead atoms. The Labute approximate surface area is 93.3 Å². The number of rotatable bonds is 2. The van der Waals surface area contributed by atoms with Crippen LogP contribution < -0.4 is 9.60 Å². The van der Waals surface area contributed by atoms with Crippen molar-refractivity contribution < 1.29 is 17.5 Å². The molecule has 0 radical (unpaired) electrons. The Morgan fingerprint density at radius 2 is 2.19 bits per heavy atom. The van der Waals surface area contributed by atoms with Crippen molar-refractivity contribution in [2.24, 2.45) is 0 Å². The molecule has 0 saturated carbocycles. The summed E-state index contributed by atoms with van der Waals surface area (Å²) in [5.74, 6) is -0.186. The highest BCUT2D eigenvalue weighted by Crippen LogP contribution is 2.19. The van der Waals surface area contributed by atoms with Crippen molar-refractivity contribution in [2.45, 2.75) is 13.3 Å². The Hall–Kier alpha value is -1.50. The van der Waals surface area contributed by atoms with Gasteiger partial charge in [-0.15, -0.1) is 0 Å². The molecule has 2 rings (SSSR count). The molecule has 88 valence electrons. The minimum Gasteiger partial charge on any atom is -0.352 e. The molecule has 0 spiro atoms. The number of carbonyl (C=O) groups is 1. The highest BCUT2D eigenvalue weighted by Gasteiger charge is 2.25. The van der Waals surface area contributed by atoms with Crippen LogP contribution in [0.15, 0.2) is 6.20 Å². The van der Waals surface area contributed by atoms with E-state index in [2.05, 4.69) is 5.32 Å². The summed E-state index contributed by atoms with van der Waals surface area (Å²) in [6.45, 7) is 2.23. The van der Waals surface area contributed by atoms with Crippen LogP contribution in [0, 0.1) is 6.92 Å². The van der Waals surface area contributed by atoms with Crippen LogP contribution in [-0.4, -0.2) is 31.9 Å². The highest BCUT2D eigenvalue weighted by molar-refractivity contribution is 7.86. The Morgan fingerprint density at radius 1 is 1.50 bits per heavy atom. The van der Waals surface area contributed by atoms with Crippen molar-refractivity contribution >= 4 is 16.0 Å². The Morgan fingerprint density at radius 3 is 2.81 bits per heavy atom. The lowest BCUT2D eigenvalue weighted by molar-refractivity contribution is 0.0941. The van der Waals surface area contributed by atoms with Gasteiger partial charge in [-0.25, -0.2) is 0 Å². The number of carbonyl (C=O) groups excluding carboxylic acids is 1. The molecule has 1 aromatic heterocycles. The third-order valence-corrected chi connectivity index (χ3v) is 2.78. The molecule has 0 unspecified atom stereocenters. The fourth-order valence-electron chi connectivity index (χ4n) is 1.80. The van der Waals surface area contributed by atoms with E-state index in [0.29, 0.717) is 29.8 Å². The van der Waals surface area contributed by atoms with E-state index in [4.69, 9.17) is 4.28 Å². The van der Waals surface area contributed by atoms with Crippen LogP contribution >= 0.6 is 0 Å². The SMILES string of the molecule is Cc1cn(OS(C)(=O)=O)c2c1C(=O)NCC2. The number of aromatic nitrogens is 1. The minimum absolute atomic E-state index is 0.186. The Kier molecular flexibility index (Phi) is 2.42. The molecule has 0 atom stereocenters. The maximum Gasteiger partial charge on any atom is 0.324 e. The van der Waals surface area contributed by atoms with E-state index in [1.165, 1.54) is 10.9 Å². The number of hydrogen-bond donors (Lipinski definition) is 1. The van der Waals surface area contributed by atoms with E-state index in [0.717, 1.165) is 6.26 Å². The van der Waals surface area contributed by atoms with Crippen molar-refractivity contribution in [1.82, 2.24) is 10.0 Å². The van der Waals surface area contributed by atoms with Crippen LogP contribution in [0.4, 0.5) is 0 Å². The molecule has 2 heterocycles. The van der Waals surface area contributed by atoms with E-state index in [9.17, 15) is 13.2 Å². The average molecular weight is 244 g/mol. The molecule has 7 heteroatoms. The molecule has 1 aliphatic heterocycles. The number of hydrogen-bond acceptors (Lipinski definition) is 4. The van der Waals surface area contributed by atoms with Gasteiger partial charge in [-0.2, -0.15) is 13.1 Å². The first-order valence-electron chi connectivity index (χ1n) is 4.77. The smallest absolute Gasteiger partial charge is 0.324 e. The molecule has 0 aliphatic carbocycles. The lowest BCUT2D eigenvalue weighted by atomic mass is 10.1. The zero-order valence-electron chi connectivity index (χ0n) is 8.98. The Bertz CT molecular complexity index is 544. The summed E-state index contributed by atoms with van der Waals surface area (Å²) in [7, 11) is -3.58. The minimum atomic E-state index is -3.58. The molecule has 1 N–H and O–H groups in total. The van der Waals surface area contributed by atoms with E-state index >= 15 is 0 Å². The van der Waals surface area contributed by atoms with Gasteiger partial charge in [0.05, 0.1) is 17.5 Å². The highest BCUT2D eigenvalue weighted by atomic mass is 32.2. The van der Waals surface area contributed by atoms with E-state index in [1.807, 2.05) is 0 Å². The topological polar surface area (TPSA) is 77.4 Å². The lowest BCUT2D eigenvalue weighted by Crippen LogP contribution is -2.33. The van der Waals surface area contributed by atoms with Crippen LogP contribution in [0.2, 0.25) is 0 Å². The van der Waals surface area contributed by atoms with Crippen LogP contribution in [0.3, 0.4) is 0 Å². The number of nitrogens with zero attached hydrogens (tertiary/aromatic N) is 1. The van der Waals surface area contributed by atoms with E-state index < -0.39 is 10.1 Å². The van der Waals surface area contributed by atoms with Crippen molar-refractivity contribution in [3.05, 3.63) is 23.0 Å². The van der Waals surface area contributed by atoms with Gasteiger partial charge in [-0.05, 0) is 12.5 Å². The first-order chi connectivity index (χ1) is 7.38. The van der Waals surface area contributed by atoms with Crippen molar-refractivity contribution in [3.63, 3.8) is 0 Å². The average Bonchev–Trinajstić information content (AvgIpc) is 2.42. The summed E-state index contributed by atoms with van der Waals surface area (Å²) < 4.78 is 28.0. The van der Waals surface area contributed by atoms with Crippen LogP contribution in [0.1, 0.15) is 21.6 Å². The molecule has 1 aliphatic rings. The Balaban J connectivity index is 2.49. The van der Waals surface area contributed by atoms with Crippen LogP contribution in [0.5, 0.6) is 0 Å². The monoisotopic (exact) mass is 244 g/mol. The van der Waals surface area contributed by atoms with Gasteiger partial charge in [0.25, 0.3) is 5.91 Å². The number of nitrogens with one attached hydrogen (secondary N) is 1. The fraction of sp³-hybridized carbons (Fsp3) is 0.444. The van der Waals surface area contributed by atoms with Crippen LogP contribution in [-0.2, 0) is 16.5 Å². The largest absolute Gasteiger partial charge is 0.352 e. The summed E-state index contributed by atoms with van der Waals surface area (Å²) in [6, 6.07) is 0. The third-order valence-electron chi connectivity index (χ3n) is 2.35. The van der Waals surface area contributed by atoms with Crippen molar-refractivity contribution in [2.75, 3.05) is 12.8 Å². The summed E-state index contributed by atoms with van der Waals surface area (Å²) in [5.41, 5.74) is 1.82. The van der Waals surface area contributed by atoms with Gasteiger partial charge in [-0.1, -0.05) is 0 Å². The molecule has 0 saturated heterocycles. The van der Waals surface area contributed by atoms with Crippen LogP contribution in [0.25, 0.3) is 0 Å². The quantitative estimate of drug-likeness (QED) is 0.758. The summed E-state index contributed by atoms with van der Waals surface area (Å²) in [4.78, 5) is 11.6. The van der Waals surface area contributed by atoms with E-state index in [-0.39, 0.29) is 5.91 Å². The summed E-state index contributed by atoms with van der Waals surface area (Å²) >= 11 is 0. The van der Waals surface area contributed by atoms with Crippen molar-refractivity contribution in [1.29, 1.82) is 0 Å². The molecule has 0 aromatic carbocycles. The number of fused-ring (bicyclic) bond motifs is 1. The fourth-order valence-corrected chi connectivity index (χ4v) is 2.22. The first-order valence-corrected chi connectivity index (χ1v) is 6.59. The van der Waals surface area contributed by atoms with Gasteiger partial charge in [0.15, 0.2) is 0 Å². The molecule has 1 amide bonds. The predicted octanol–water partition coefficient (Wildman–Crippen LogP) is -0.529. The molecule has 6 nitrogen and oxygen atoms in total. The molecular weight excluding hydrogens is 232 g/mol. The van der Waals surface area contributed by atoms with Crippen molar-refractivity contribution in [3.8, 4) is 0 Å². The summed E-state index contributed by atoms with van der Waals surface area (Å²) in [5, 5.41) is 2.70. The molecule has 16 heavy (non-hydrogen) atoms. The molecular formula is C9H12N2O4S. The second kappa shape index (κ2) is 3.51. The zero-order chi connectivity index (χ0) is 11.9. The maximum atomic E-state index is 11.6. The number of aryl methyl sites for hydroxylation is 1. The second-order valence-electron chi connectivity index (χ2n) is 3.74. The number of amides is 1. The maximum absolute atomic E-state index is 11.6. The van der Waals surface area contributed by atoms with Gasteiger partial charge < -0.3 is 5.32 Å². The molecule has 0 fully saturated rings. The second-order valence-corrected chi connectivity index (χ2v) is 5.30. The summed E-state index contributed by atoms with van der Waals surface area (Å²) in [6.07, 6.45) is 3.04. The standard InChI is InChI=1S/C9H12N2O4S/c1-6-5-11(15-16(2,13)14)7-3-4-10-9(12)8(6)7/h5H,3-4H2,1-2H3,(H,10,12).